The fraction of sp³-hybridized carbons (Fsp3) is 0.364. The normalized spacial score (nSPS) is 15.5. The number of nitrogens with zero attached hydrogens (tertiary/aromatic N) is 3. The van der Waals surface area contributed by atoms with E-state index < -0.39 is 0 Å². The number of aromatic nitrogens is 3. The average Bonchev–Trinajstić information content (AvgIpc) is 2.81. The van der Waals surface area contributed by atoms with Crippen LogP contribution in [0.3, 0.4) is 0 Å². The molecule has 0 saturated heterocycles. The Morgan fingerprint density at radius 1 is 1.33 bits per heavy atom. The molecule has 1 saturated carbocycles. The maximum Gasteiger partial charge on any atom is 0.0951 e. The van der Waals surface area contributed by atoms with Gasteiger partial charge in [-0.1, -0.05) is 0 Å². The lowest BCUT2D eigenvalue weighted by molar-refractivity contribution is 0.684. The summed E-state index contributed by atoms with van der Waals surface area (Å²) in [5, 5.41) is 0. The third kappa shape index (κ3) is 1.75. The SMILES string of the molecule is c1ccn(NCc2cncn2C2CC2)c1. The van der Waals surface area contributed by atoms with Crippen LogP contribution in [0.4, 0.5) is 0 Å². The third-order valence-corrected chi connectivity index (χ3v) is 2.73. The largest absolute Gasteiger partial charge is 0.330 e. The Labute approximate surface area is 88.5 Å². The van der Waals surface area contributed by atoms with Gasteiger partial charge in [-0.2, -0.15) is 0 Å². The molecule has 3 rings (SSSR count). The van der Waals surface area contributed by atoms with Crippen LogP contribution in [-0.4, -0.2) is 14.2 Å². The second-order valence-electron chi connectivity index (χ2n) is 3.95. The highest BCUT2D eigenvalue weighted by molar-refractivity contribution is 5.06. The highest BCUT2D eigenvalue weighted by Gasteiger charge is 2.24. The average molecular weight is 202 g/mol. The molecule has 0 spiro atoms. The van der Waals surface area contributed by atoms with Crippen molar-refractivity contribution in [2.45, 2.75) is 25.4 Å². The fourth-order valence-electron chi connectivity index (χ4n) is 1.76. The van der Waals surface area contributed by atoms with Crippen LogP contribution in [0.5, 0.6) is 0 Å². The van der Waals surface area contributed by atoms with Gasteiger partial charge in [0.15, 0.2) is 0 Å². The van der Waals surface area contributed by atoms with Crippen LogP contribution < -0.4 is 5.43 Å². The summed E-state index contributed by atoms with van der Waals surface area (Å²) in [6.45, 7) is 0.825. The first-order valence-corrected chi connectivity index (χ1v) is 5.31. The summed E-state index contributed by atoms with van der Waals surface area (Å²) in [6, 6.07) is 4.71. The van der Waals surface area contributed by atoms with Crippen molar-refractivity contribution in [3.8, 4) is 0 Å². The topological polar surface area (TPSA) is 34.8 Å². The molecule has 1 aliphatic rings. The van der Waals surface area contributed by atoms with Gasteiger partial charge < -0.3 is 9.99 Å². The van der Waals surface area contributed by atoms with Crippen LogP contribution in [-0.2, 0) is 6.54 Å². The quantitative estimate of drug-likeness (QED) is 0.820. The van der Waals surface area contributed by atoms with Gasteiger partial charge in [-0.25, -0.2) is 4.98 Å². The molecule has 0 atom stereocenters. The number of hydrogen-bond donors (Lipinski definition) is 1. The molecule has 2 aromatic heterocycles. The number of rotatable bonds is 4. The van der Waals surface area contributed by atoms with Crippen molar-refractivity contribution in [3.63, 3.8) is 0 Å². The smallest absolute Gasteiger partial charge is 0.0951 e. The zero-order valence-electron chi connectivity index (χ0n) is 8.50. The van der Waals surface area contributed by atoms with Gasteiger partial charge in [-0.15, -0.1) is 0 Å². The first kappa shape index (κ1) is 8.59. The minimum Gasteiger partial charge on any atom is -0.330 e. The number of nitrogens with one attached hydrogen (secondary N) is 1. The van der Waals surface area contributed by atoms with Gasteiger partial charge in [0, 0.05) is 24.6 Å². The van der Waals surface area contributed by atoms with Gasteiger partial charge in [0.25, 0.3) is 0 Å². The molecule has 15 heavy (non-hydrogen) atoms. The van der Waals surface area contributed by atoms with E-state index in [4.69, 9.17) is 0 Å². The summed E-state index contributed by atoms with van der Waals surface area (Å²) in [5.74, 6) is 0. The molecule has 2 heterocycles. The molecule has 1 N–H and O–H groups in total. The maximum absolute atomic E-state index is 4.20. The van der Waals surface area contributed by atoms with E-state index in [1.807, 2.05) is 41.7 Å². The van der Waals surface area contributed by atoms with Crippen molar-refractivity contribution in [2.24, 2.45) is 0 Å². The molecule has 0 radical (unpaired) electrons. The van der Waals surface area contributed by atoms with Crippen LogP contribution >= 0.6 is 0 Å². The fourth-order valence-corrected chi connectivity index (χ4v) is 1.76. The van der Waals surface area contributed by atoms with E-state index in [1.165, 1.54) is 18.5 Å². The summed E-state index contributed by atoms with van der Waals surface area (Å²) < 4.78 is 4.24. The van der Waals surface area contributed by atoms with Gasteiger partial charge in [0.2, 0.25) is 0 Å². The van der Waals surface area contributed by atoms with Crippen LogP contribution in [0, 0.1) is 0 Å². The minimum absolute atomic E-state index is 0.703. The van der Waals surface area contributed by atoms with E-state index in [9.17, 15) is 0 Å². The van der Waals surface area contributed by atoms with E-state index in [0.717, 1.165) is 6.54 Å². The predicted octanol–water partition coefficient (Wildman–Crippen LogP) is 1.76. The summed E-state index contributed by atoms with van der Waals surface area (Å²) in [4.78, 5) is 4.20. The van der Waals surface area contributed by atoms with Gasteiger partial charge in [-0.05, 0) is 25.0 Å². The maximum atomic E-state index is 4.20. The summed E-state index contributed by atoms with van der Waals surface area (Å²) in [5.41, 5.74) is 4.56. The number of hydrogen-bond acceptors (Lipinski definition) is 2. The van der Waals surface area contributed by atoms with Crippen LogP contribution in [0.25, 0.3) is 0 Å². The van der Waals surface area contributed by atoms with Gasteiger partial charge >= 0.3 is 0 Å². The Hall–Kier alpha value is -1.71. The standard InChI is InChI=1S/C11H14N4/c1-2-6-14(5-1)13-8-11-7-12-9-15(11)10-3-4-10/h1-2,5-7,9-10,13H,3-4,8H2. The van der Waals surface area contributed by atoms with Crippen molar-refractivity contribution >= 4 is 0 Å². The Morgan fingerprint density at radius 2 is 2.13 bits per heavy atom. The molecule has 4 nitrogen and oxygen atoms in total. The second-order valence-corrected chi connectivity index (χ2v) is 3.95. The Balaban J connectivity index is 1.68. The lowest BCUT2D eigenvalue weighted by atomic mass is 10.4. The first-order chi connectivity index (χ1) is 7.43. The molecule has 1 fully saturated rings. The second kappa shape index (κ2) is 3.46. The Bertz CT molecular complexity index is 425. The molecule has 2 aromatic rings. The molecule has 0 bridgehead atoms. The van der Waals surface area contributed by atoms with E-state index >= 15 is 0 Å². The summed E-state index contributed by atoms with van der Waals surface area (Å²) >= 11 is 0. The zero-order valence-corrected chi connectivity index (χ0v) is 8.50. The minimum atomic E-state index is 0.703. The van der Waals surface area contributed by atoms with Crippen molar-refractivity contribution in [2.75, 3.05) is 5.43 Å². The van der Waals surface area contributed by atoms with Gasteiger partial charge in [0.05, 0.1) is 18.6 Å². The molecular weight excluding hydrogens is 188 g/mol. The van der Waals surface area contributed by atoms with Crippen LogP contribution in [0.15, 0.2) is 37.1 Å². The van der Waals surface area contributed by atoms with Crippen molar-refractivity contribution in [3.05, 3.63) is 42.7 Å². The molecule has 0 aromatic carbocycles. The number of imidazole rings is 1. The first-order valence-electron chi connectivity index (χ1n) is 5.31. The lowest BCUT2D eigenvalue weighted by Gasteiger charge is -2.09. The molecule has 0 aliphatic heterocycles. The van der Waals surface area contributed by atoms with E-state index in [1.54, 1.807) is 0 Å². The third-order valence-electron chi connectivity index (χ3n) is 2.73. The highest BCUT2D eigenvalue weighted by Crippen LogP contribution is 2.35. The van der Waals surface area contributed by atoms with E-state index in [2.05, 4.69) is 15.0 Å². The zero-order chi connectivity index (χ0) is 10.1. The summed E-state index contributed by atoms with van der Waals surface area (Å²) in [6.07, 6.45) is 10.5. The van der Waals surface area contributed by atoms with Crippen LogP contribution in [0.1, 0.15) is 24.6 Å². The van der Waals surface area contributed by atoms with Gasteiger partial charge in [-0.3, -0.25) is 4.68 Å². The molecule has 0 amide bonds. The van der Waals surface area contributed by atoms with E-state index in [0.29, 0.717) is 6.04 Å². The van der Waals surface area contributed by atoms with Crippen LogP contribution in [0.2, 0.25) is 0 Å². The monoisotopic (exact) mass is 202 g/mol. The highest BCUT2D eigenvalue weighted by atomic mass is 15.4. The van der Waals surface area contributed by atoms with Crippen molar-refractivity contribution in [1.82, 2.24) is 14.2 Å². The van der Waals surface area contributed by atoms with Crippen molar-refractivity contribution < 1.29 is 0 Å². The Kier molecular flexibility index (Phi) is 1.98. The predicted molar refractivity (Wildman–Crippen MR) is 58.0 cm³/mol. The Morgan fingerprint density at radius 3 is 2.87 bits per heavy atom. The van der Waals surface area contributed by atoms with Crippen molar-refractivity contribution in [1.29, 1.82) is 0 Å². The lowest BCUT2D eigenvalue weighted by Crippen LogP contribution is -2.14. The van der Waals surface area contributed by atoms with E-state index in [-0.39, 0.29) is 0 Å². The molecule has 78 valence electrons. The molecule has 4 heteroatoms. The van der Waals surface area contributed by atoms with Gasteiger partial charge in [0.1, 0.15) is 0 Å². The molecule has 1 aliphatic carbocycles. The summed E-state index contributed by atoms with van der Waals surface area (Å²) in [7, 11) is 0. The molecule has 0 unspecified atom stereocenters. The molecular formula is C11H14N4.